The van der Waals surface area contributed by atoms with Crippen LogP contribution >= 0.6 is 22.9 Å². The lowest BCUT2D eigenvalue weighted by molar-refractivity contribution is 1.17. The van der Waals surface area contributed by atoms with Gasteiger partial charge >= 0.3 is 0 Å². The lowest BCUT2D eigenvalue weighted by atomic mass is 10.3. The van der Waals surface area contributed by atoms with Crippen molar-refractivity contribution in [3.8, 4) is 10.6 Å². The highest BCUT2D eigenvalue weighted by molar-refractivity contribution is 7.13. The first-order valence-electron chi connectivity index (χ1n) is 3.81. The molecule has 0 aliphatic carbocycles. The van der Waals surface area contributed by atoms with Gasteiger partial charge in [-0.3, -0.25) is 4.98 Å². The second-order valence-corrected chi connectivity index (χ2v) is 3.67. The molecule has 2 aromatic heterocycles. The van der Waals surface area contributed by atoms with E-state index in [9.17, 15) is 0 Å². The quantitative estimate of drug-likeness (QED) is 0.713. The first-order valence-corrected chi connectivity index (χ1v) is 5.22. The number of pyridine rings is 1. The van der Waals surface area contributed by atoms with Gasteiger partial charge in [0.2, 0.25) is 0 Å². The van der Waals surface area contributed by atoms with E-state index in [2.05, 4.69) is 9.97 Å². The van der Waals surface area contributed by atoms with Gasteiger partial charge in [-0.25, -0.2) is 4.98 Å². The van der Waals surface area contributed by atoms with Crippen LogP contribution in [0.4, 0.5) is 0 Å². The van der Waals surface area contributed by atoms with Crippen LogP contribution in [-0.2, 0) is 5.88 Å². The van der Waals surface area contributed by atoms with Gasteiger partial charge in [-0.1, -0.05) is 0 Å². The van der Waals surface area contributed by atoms with E-state index in [1.807, 2.05) is 17.5 Å². The van der Waals surface area contributed by atoms with Crippen molar-refractivity contribution in [3.63, 3.8) is 0 Å². The standard InChI is InChI=1S/C9H7ClN2S/c10-5-8-2-1-7(6-12-8)9-11-3-4-13-9/h1-4,6H,5H2. The molecule has 0 bridgehead atoms. The second kappa shape index (κ2) is 3.85. The first kappa shape index (κ1) is 8.66. The number of hydrogen-bond acceptors (Lipinski definition) is 3. The molecule has 2 nitrogen and oxygen atoms in total. The van der Waals surface area contributed by atoms with Crippen LogP contribution in [0.15, 0.2) is 29.9 Å². The summed E-state index contributed by atoms with van der Waals surface area (Å²) in [6.07, 6.45) is 3.59. The molecule has 0 aliphatic heterocycles. The Bertz CT molecular complexity index is 369. The summed E-state index contributed by atoms with van der Waals surface area (Å²) in [5.74, 6) is 0.456. The Hall–Kier alpha value is -0.930. The molecule has 2 heterocycles. The summed E-state index contributed by atoms with van der Waals surface area (Å²) < 4.78 is 0. The molecule has 2 rings (SSSR count). The molecule has 0 aliphatic rings. The molecule has 0 aromatic carbocycles. The van der Waals surface area contributed by atoms with Crippen molar-refractivity contribution < 1.29 is 0 Å². The number of alkyl halides is 1. The van der Waals surface area contributed by atoms with E-state index in [1.54, 1.807) is 23.7 Å². The maximum Gasteiger partial charge on any atom is 0.124 e. The van der Waals surface area contributed by atoms with Crippen LogP contribution < -0.4 is 0 Å². The van der Waals surface area contributed by atoms with Gasteiger partial charge in [-0.2, -0.15) is 0 Å². The van der Waals surface area contributed by atoms with Crippen molar-refractivity contribution in [3.05, 3.63) is 35.6 Å². The largest absolute Gasteiger partial charge is 0.259 e. The number of rotatable bonds is 2. The number of halogens is 1. The van der Waals surface area contributed by atoms with E-state index in [1.165, 1.54) is 0 Å². The summed E-state index contributed by atoms with van der Waals surface area (Å²) in [6.45, 7) is 0. The average Bonchev–Trinajstić information content (AvgIpc) is 2.71. The predicted octanol–water partition coefficient (Wildman–Crippen LogP) is 2.94. The lowest BCUT2D eigenvalue weighted by Crippen LogP contribution is -1.84. The molecule has 0 spiro atoms. The van der Waals surface area contributed by atoms with Crippen LogP contribution in [0, 0.1) is 0 Å². The number of nitrogens with zero attached hydrogens (tertiary/aromatic N) is 2. The molecule has 0 radical (unpaired) electrons. The predicted molar refractivity (Wildman–Crippen MR) is 54.9 cm³/mol. The van der Waals surface area contributed by atoms with Crippen molar-refractivity contribution in [2.75, 3.05) is 0 Å². The highest BCUT2D eigenvalue weighted by atomic mass is 35.5. The Morgan fingerprint density at radius 1 is 1.31 bits per heavy atom. The van der Waals surface area contributed by atoms with Gasteiger partial charge in [-0.15, -0.1) is 22.9 Å². The third-order valence-corrected chi connectivity index (χ3v) is 2.74. The molecule has 0 saturated heterocycles. The third-order valence-electron chi connectivity index (χ3n) is 1.64. The number of hydrogen-bond donors (Lipinski definition) is 0. The summed E-state index contributed by atoms with van der Waals surface area (Å²) in [5.41, 5.74) is 1.94. The second-order valence-electron chi connectivity index (χ2n) is 2.51. The summed E-state index contributed by atoms with van der Waals surface area (Å²) in [4.78, 5) is 8.38. The zero-order chi connectivity index (χ0) is 9.10. The molecule has 0 unspecified atom stereocenters. The average molecular weight is 211 g/mol. The zero-order valence-electron chi connectivity index (χ0n) is 6.77. The molecule has 66 valence electrons. The Morgan fingerprint density at radius 2 is 2.23 bits per heavy atom. The fourth-order valence-corrected chi connectivity index (χ4v) is 1.78. The summed E-state index contributed by atoms with van der Waals surface area (Å²) in [7, 11) is 0. The molecule has 0 amide bonds. The number of thiazole rings is 1. The molecule has 0 N–H and O–H groups in total. The molecular formula is C9H7ClN2S. The molecule has 2 aromatic rings. The summed E-state index contributed by atoms with van der Waals surface area (Å²) in [6, 6.07) is 3.91. The Labute approximate surface area is 85.2 Å². The topological polar surface area (TPSA) is 25.8 Å². The minimum atomic E-state index is 0.456. The van der Waals surface area contributed by atoms with Crippen molar-refractivity contribution >= 4 is 22.9 Å². The van der Waals surface area contributed by atoms with Crippen molar-refractivity contribution in [1.29, 1.82) is 0 Å². The van der Waals surface area contributed by atoms with Gasteiger partial charge < -0.3 is 0 Å². The van der Waals surface area contributed by atoms with Crippen molar-refractivity contribution in [2.45, 2.75) is 5.88 Å². The minimum absolute atomic E-state index is 0.456. The summed E-state index contributed by atoms with van der Waals surface area (Å²) >= 11 is 7.23. The molecule has 0 saturated carbocycles. The van der Waals surface area contributed by atoms with Crippen LogP contribution in [0.2, 0.25) is 0 Å². The van der Waals surface area contributed by atoms with E-state index in [0.717, 1.165) is 16.3 Å². The van der Waals surface area contributed by atoms with Gasteiger partial charge in [0.1, 0.15) is 5.01 Å². The van der Waals surface area contributed by atoms with Crippen LogP contribution in [0.1, 0.15) is 5.69 Å². The van der Waals surface area contributed by atoms with E-state index in [-0.39, 0.29) is 0 Å². The first-order chi connectivity index (χ1) is 6.40. The van der Waals surface area contributed by atoms with E-state index >= 15 is 0 Å². The fraction of sp³-hybridized carbons (Fsp3) is 0.111. The third kappa shape index (κ3) is 1.87. The molecule has 0 atom stereocenters. The van der Waals surface area contributed by atoms with Crippen LogP contribution in [0.25, 0.3) is 10.6 Å². The monoisotopic (exact) mass is 210 g/mol. The molecule has 4 heteroatoms. The maximum absolute atomic E-state index is 5.63. The SMILES string of the molecule is ClCc1ccc(-c2nccs2)cn1. The maximum atomic E-state index is 5.63. The Balaban J connectivity index is 2.33. The van der Waals surface area contributed by atoms with E-state index < -0.39 is 0 Å². The normalized spacial score (nSPS) is 10.2. The molecule has 0 fully saturated rings. The van der Waals surface area contributed by atoms with Gasteiger partial charge in [0, 0.05) is 23.3 Å². The van der Waals surface area contributed by atoms with Gasteiger partial charge in [0.15, 0.2) is 0 Å². The lowest BCUT2D eigenvalue weighted by Gasteiger charge is -1.96. The molecule has 13 heavy (non-hydrogen) atoms. The smallest absolute Gasteiger partial charge is 0.124 e. The van der Waals surface area contributed by atoms with Crippen LogP contribution in [0.3, 0.4) is 0 Å². The minimum Gasteiger partial charge on any atom is -0.259 e. The molecular weight excluding hydrogens is 204 g/mol. The fourth-order valence-electron chi connectivity index (χ4n) is 0.996. The van der Waals surface area contributed by atoms with E-state index in [4.69, 9.17) is 11.6 Å². The van der Waals surface area contributed by atoms with Crippen LogP contribution in [-0.4, -0.2) is 9.97 Å². The van der Waals surface area contributed by atoms with E-state index in [0.29, 0.717) is 5.88 Å². The van der Waals surface area contributed by atoms with Gasteiger partial charge in [0.25, 0.3) is 0 Å². The zero-order valence-corrected chi connectivity index (χ0v) is 8.35. The Kier molecular flexibility index (Phi) is 2.57. The Morgan fingerprint density at radius 3 is 2.77 bits per heavy atom. The highest BCUT2D eigenvalue weighted by Crippen LogP contribution is 2.20. The van der Waals surface area contributed by atoms with Gasteiger partial charge in [-0.05, 0) is 12.1 Å². The number of aromatic nitrogens is 2. The van der Waals surface area contributed by atoms with Gasteiger partial charge in [0.05, 0.1) is 11.6 Å². The highest BCUT2D eigenvalue weighted by Gasteiger charge is 1.99. The van der Waals surface area contributed by atoms with Crippen LogP contribution in [0.5, 0.6) is 0 Å². The summed E-state index contributed by atoms with van der Waals surface area (Å²) in [5, 5.41) is 2.94. The van der Waals surface area contributed by atoms with Crippen molar-refractivity contribution in [1.82, 2.24) is 9.97 Å². The van der Waals surface area contributed by atoms with Crippen molar-refractivity contribution in [2.24, 2.45) is 0 Å².